The highest BCUT2D eigenvalue weighted by Crippen LogP contribution is 2.32. The topological polar surface area (TPSA) is 47.3 Å². The molecule has 108 valence electrons. The Hall–Kier alpha value is -1.81. The van der Waals surface area contributed by atoms with Crippen molar-refractivity contribution in [1.82, 2.24) is 9.78 Å². The molecule has 1 N–H and O–H groups in total. The Balaban J connectivity index is 2.40. The summed E-state index contributed by atoms with van der Waals surface area (Å²) in [6, 6.07) is 8.07. The number of benzene rings is 1. The van der Waals surface area contributed by atoms with Gasteiger partial charge < -0.3 is 9.84 Å². The lowest BCUT2D eigenvalue weighted by atomic mass is 9.98. The molecule has 0 fully saturated rings. The lowest BCUT2D eigenvalue weighted by Crippen LogP contribution is -2.04. The Morgan fingerprint density at radius 3 is 2.80 bits per heavy atom. The zero-order valence-corrected chi connectivity index (χ0v) is 12.6. The van der Waals surface area contributed by atoms with Gasteiger partial charge in [0.15, 0.2) is 0 Å². The summed E-state index contributed by atoms with van der Waals surface area (Å²) in [6.45, 7) is 4.04. The smallest absolute Gasteiger partial charge is 0.217 e. The third-order valence-electron chi connectivity index (χ3n) is 3.49. The van der Waals surface area contributed by atoms with E-state index in [4.69, 9.17) is 4.74 Å². The molecule has 20 heavy (non-hydrogen) atoms. The highest BCUT2D eigenvalue weighted by atomic mass is 16.5. The van der Waals surface area contributed by atoms with Gasteiger partial charge in [-0.1, -0.05) is 37.6 Å². The Kier molecular flexibility index (Phi) is 4.45. The molecule has 4 nitrogen and oxygen atoms in total. The molecule has 0 saturated heterocycles. The second-order valence-electron chi connectivity index (χ2n) is 5.03. The van der Waals surface area contributed by atoms with E-state index in [0.717, 1.165) is 29.7 Å². The maximum absolute atomic E-state index is 10.7. The Morgan fingerprint density at radius 1 is 1.40 bits per heavy atom. The van der Waals surface area contributed by atoms with Crippen molar-refractivity contribution in [3.05, 3.63) is 46.6 Å². The molecule has 0 aliphatic rings. The van der Waals surface area contributed by atoms with E-state index < -0.39 is 6.10 Å². The van der Waals surface area contributed by atoms with Crippen LogP contribution in [0.1, 0.15) is 41.8 Å². The molecule has 1 aromatic carbocycles. The lowest BCUT2D eigenvalue weighted by Gasteiger charge is -2.14. The van der Waals surface area contributed by atoms with Crippen molar-refractivity contribution in [3.63, 3.8) is 0 Å². The average molecular weight is 274 g/mol. The normalized spacial score (nSPS) is 12.4. The minimum absolute atomic E-state index is 0.607. The number of methoxy groups -OCH3 is 1. The quantitative estimate of drug-likeness (QED) is 0.912. The molecule has 0 amide bonds. The summed E-state index contributed by atoms with van der Waals surface area (Å²) in [6.07, 6.45) is 1.40. The van der Waals surface area contributed by atoms with Crippen LogP contribution >= 0.6 is 0 Å². The number of hydrogen-bond acceptors (Lipinski definition) is 3. The first-order chi connectivity index (χ1) is 9.58. The molecule has 4 heteroatoms. The molecule has 2 rings (SSSR count). The number of rotatable bonds is 5. The van der Waals surface area contributed by atoms with E-state index in [2.05, 4.69) is 24.2 Å². The van der Waals surface area contributed by atoms with Gasteiger partial charge in [0.1, 0.15) is 6.10 Å². The van der Waals surface area contributed by atoms with Crippen molar-refractivity contribution in [3.8, 4) is 5.88 Å². The zero-order valence-electron chi connectivity index (χ0n) is 12.6. The van der Waals surface area contributed by atoms with Gasteiger partial charge in [0.05, 0.1) is 18.4 Å². The molecule has 0 radical (unpaired) electrons. The van der Waals surface area contributed by atoms with Crippen LogP contribution in [0.15, 0.2) is 24.3 Å². The number of aromatic nitrogens is 2. The number of ether oxygens (including phenoxy) is 1. The molecule has 0 saturated carbocycles. The van der Waals surface area contributed by atoms with Crippen LogP contribution in [0, 0.1) is 6.92 Å². The molecule has 1 aromatic heterocycles. The molecule has 1 atom stereocenters. The van der Waals surface area contributed by atoms with E-state index in [1.165, 1.54) is 5.56 Å². The Labute approximate surface area is 120 Å². The van der Waals surface area contributed by atoms with E-state index in [1.807, 2.05) is 26.1 Å². The van der Waals surface area contributed by atoms with Gasteiger partial charge in [-0.05, 0) is 24.5 Å². The highest BCUT2D eigenvalue weighted by Gasteiger charge is 2.22. The maximum Gasteiger partial charge on any atom is 0.217 e. The largest absolute Gasteiger partial charge is 0.481 e. The SMILES string of the molecule is CCCc1cccc(C(O)c2c(C)nn(C)c2OC)c1. The predicted molar refractivity (Wildman–Crippen MR) is 79.0 cm³/mol. The van der Waals surface area contributed by atoms with Crippen LogP contribution in [-0.2, 0) is 13.5 Å². The van der Waals surface area contributed by atoms with E-state index >= 15 is 0 Å². The Bertz CT molecular complexity index is 590. The monoisotopic (exact) mass is 274 g/mol. The van der Waals surface area contributed by atoms with E-state index in [-0.39, 0.29) is 0 Å². The molecular weight excluding hydrogens is 252 g/mol. The summed E-state index contributed by atoms with van der Waals surface area (Å²) in [4.78, 5) is 0. The predicted octanol–water partition coefficient (Wildman–Crippen LogP) is 2.77. The van der Waals surface area contributed by atoms with Crippen LogP contribution in [0.4, 0.5) is 0 Å². The summed E-state index contributed by atoms with van der Waals surface area (Å²) < 4.78 is 7.01. The van der Waals surface area contributed by atoms with Gasteiger partial charge in [-0.2, -0.15) is 5.10 Å². The third kappa shape index (κ3) is 2.70. The van der Waals surface area contributed by atoms with Crippen LogP contribution in [0.3, 0.4) is 0 Å². The van der Waals surface area contributed by atoms with Gasteiger partial charge in [-0.15, -0.1) is 0 Å². The molecule has 0 aliphatic carbocycles. The number of hydrogen-bond donors (Lipinski definition) is 1. The first kappa shape index (κ1) is 14.6. The molecule has 0 bridgehead atoms. The van der Waals surface area contributed by atoms with Crippen molar-refractivity contribution in [1.29, 1.82) is 0 Å². The zero-order chi connectivity index (χ0) is 14.7. The minimum atomic E-state index is -0.713. The van der Waals surface area contributed by atoms with Crippen molar-refractivity contribution in [2.24, 2.45) is 7.05 Å². The lowest BCUT2D eigenvalue weighted by molar-refractivity contribution is 0.212. The number of aryl methyl sites for hydroxylation is 3. The number of nitrogens with zero attached hydrogens (tertiary/aromatic N) is 2. The summed E-state index contributed by atoms with van der Waals surface area (Å²) in [5.74, 6) is 0.607. The molecular formula is C16H22N2O2. The standard InChI is InChI=1S/C16H22N2O2/c1-5-7-12-8-6-9-13(10-12)15(19)14-11(2)17-18(3)16(14)20-4/h6,8-10,15,19H,5,7H2,1-4H3. The van der Waals surface area contributed by atoms with E-state index in [9.17, 15) is 5.11 Å². The summed E-state index contributed by atoms with van der Waals surface area (Å²) in [5, 5.41) is 15.0. The third-order valence-corrected chi connectivity index (χ3v) is 3.49. The van der Waals surface area contributed by atoms with Gasteiger partial charge in [0.2, 0.25) is 5.88 Å². The molecule has 0 spiro atoms. The van der Waals surface area contributed by atoms with Crippen LogP contribution < -0.4 is 4.74 Å². The van der Waals surface area contributed by atoms with Crippen molar-refractivity contribution >= 4 is 0 Å². The van der Waals surface area contributed by atoms with E-state index in [1.54, 1.807) is 11.8 Å². The molecule has 1 unspecified atom stereocenters. The van der Waals surface area contributed by atoms with Gasteiger partial charge in [0, 0.05) is 7.05 Å². The van der Waals surface area contributed by atoms with Crippen LogP contribution in [0.5, 0.6) is 5.88 Å². The van der Waals surface area contributed by atoms with Gasteiger partial charge in [0.25, 0.3) is 0 Å². The van der Waals surface area contributed by atoms with Crippen molar-refractivity contribution < 1.29 is 9.84 Å². The average Bonchev–Trinajstić information content (AvgIpc) is 2.72. The first-order valence-electron chi connectivity index (χ1n) is 6.92. The maximum atomic E-state index is 10.7. The van der Waals surface area contributed by atoms with Crippen LogP contribution in [-0.4, -0.2) is 22.0 Å². The van der Waals surface area contributed by atoms with E-state index in [0.29, 0.717) is 5.88 Å². The minimum Gasteiger partial charge on any atom is -0.481 e. The number of aliphatic hydroxyl groups excluding tert-OH is 1. The Morgan fingerprint density at radius 2 is 2.15 bits per heavy atom. The van der Waals surface area contributed by atoms with Gasteiger partial charge in [-0.3, -0.25) is 0 Å². The summed E-state index contributed by atoms with van der Waals surface area (Å²) in [7, 11) is 3.41. The van der Waals surface area contributed by atoms with Crippen LogP contribution in [0.25, 0.3) is 0 Å². The fourth-order valence-corrected chi connectivity index (χ4v) is 2.58. The van der Waals surface area contributed by atoms with Gasteiger partial charge >= 0.3 is 0 Å². The van der Waals surface area contributed by atoms with Crippen molar-refractivity contribution in [2.45, 2.75) is 32.8 Å². The molecule has 2 aromatic rings. The summed E-state index contributed by atoms with van der Waals surface area (Å²) >= 11 is 0. The second kappa shape index (κ2) is 6.09. The van der Waals surface area contributed by atoms with Gasteiger partial charge in [-0.25, -0.2) is 4.68 Å². The highest BCUT2D eigenvalue weighted by molar-refractivity contribution is 5.40. The number of aliphatic hydroxyl groups is 1. The van der Waals surface area contributed by atoms with Crippen LogP contribution in [0.2, 0.25) is 0 Å². The fourth-order valence-electron chi connectivity index (χ4n) is 2.58. The fraction of sp³-hybridized carbons (Fsp3) is 0.438. The second-order valence-corrected chi connectivity index (χ2v) is 5.03. The first-order valence-corrected chi connectivity index (χ1v) is 6.92. The molecule has 0 aliphatic heterocycles. The summed E-state index contributed by atoms with van der Waals surface area (Å²) in [5.41, 5.74) is 3.65. The van der Waals surface area contributed by atoms with Crippen molar-refractivity contribution in [2.75, 3.05) is 7.11 Å². The molecule has 1 heterocycles.